The Bertz CT molecular complexity index is 740. The van der Waals surface area contributed by atoms with E-state index in [0.29, 0.717) is 13.0 Å². The van der Waals surface area contributed by atoms with E-state index >= 15 is 0 Å². The number of hydrogen-bond acceptors (Lipinski definition) is 2. The molecule has 2 aliphatic rings. The van der Waals surface area contributed by atoms with Crippen LogP contribution in [0.5, 0.6) is 0 Å². The summed E-state index contributed by atoms with van der Waals surface area (Å²) in [5.41, 5.74) is 3.50. The van der Waals surface area contributed by atoms with E-state index in [0.717, 1.165) is 24.0 Å². The van der Waals surface area contributed by atoms with Crippen LogP contribution in [-0.4, -0.2) is 23.8 Å². The van der Waals surface area contributed by atoms with Gasteiger partial charge in [-0.3, -0.25) is 0 Å². The van der Waals surface area contributed by atoms with E-state index in [2.05, 4.69) is 22.8 Å². The highest BCUT2D eigenvalue weighted by Gasteiger charge is 2.44. The van der Waals surface area contributed by atoms with Crippen molar-refractivity contribution >= 4 is 6.03 Å². The summed E-state index contributed by atoms with van der Waals surface area (Å²) in [5.74, 6) is 0. The van der Waals surface area contributed by atoms with Crippen molar-refractivity contribution in [3.63, 3.8) is 0 Å². The molecule has 3 N–H and O–H groups in total. The Morgan fingerprint density at radius 2 is 1.79 bits per heavy atom. The van der Waals surface area contributed by atoms with E-state index in [1.807, 2.05) is 42.5 Å². The number of rotatable bonds is 4. The largest absolute Gasteiger partial charge is 0.390 e. The summed E-state index contributed by atoms with van der Waals surface area (Å²) in [6.07, 6.45) is 2.24. The van der Waals surface area contributed by atoms with Crippen molar-refractivity contribution < 1.29 is 9.90 Å². The number of aliphatic hydroxyl groups excluding tert-OH is 1. The molecule has 0 saturated heterocycles. The lowest BCUT2D eigenvalue weighted by Gasteiger charge is -2.21. The highest BCUT2D eigenvalue weighted by Crippen LogP contribution is 2.47. The lowest BCUT2D eigenvalue weighted by molar-refractivity contribution is 0.142. The first kappa shape index (κ1) is 15.2. The van der Waals surface area contributed by atoms with E-state index in [1.165, 1.54) is 5.56 Å². The fraction of sp³-hybridized carbons (Fsp3) is 0.350. The maximum atomic E-state index is 12.3. The van der Waals surface area contributed by atoms with Gasteiger partial charge in [-0.2, -0.15) is 0 Å². The Hall–Kier alpha value is -2.33. The first-order chi connectivity index (χ1) is 11.7. The van der Waals surface area contributed by atoms with Gasteiger partial charge in [0.25, 0.3) is 0 Å². The number of nitrogens with one attached hydrogen (secondary N) is 2. The first-order valence-corrected chi connectivity index (χ1v) is 8.54. The average Bonchev–Trinajstić information content (AvgIpc) is 3.34. The number of amides is 2. The normalized spacial score (nSPS) is 23.4. The molecule has 0 heterocycles. The molecule has 2 atom stereocenters. The molecule has 2 aromatic rings. The lowest BCUT2D eigenvalue weighted by atomic mass is 9.96. The Morgan fingerprint density at radius 1 is 1.08 bits per heavy atom. The fourth-order valence-electron chi connectivity index (χ4n) is 3.70. The van der Waals surface area contributed by atoms with Crippen LogP contribution in [0.25, 0.3) is 0 Å². The minimum absolute atomic E-state index is 0.0881. The third kappa shape index (κ3) is 2.78. The van der Waals surface area contributed by atoms with Crippen molar-refractivity contribution in [2.45, 2.75) is 36.8 Å². The number of aliphatic hydroxyl groups is 1. The molecule has 124 valence electrons. The summed E-state index contributed by atoms with van der Waals surface area (Å²) < 4.78 is 0. The Kier molecular flexibility index (Phi) is 3.77. The van der Waals surface area contributed by atoms with Crippen LogP contribution in [0.1, 0.15) is 35.6 Å². The molecule has 2 unspecified atom stereocenters. The summed E-state index contributed by atoms with van der Waals surface area (Å²) in [7, 11) is 0. The van der Waals surface area contributed by atoms with Crippen LogP contribution in [0.3, 0.4) is 0 Å². The number of urea groups is 1. The van der Waals surface area contributed by atoms with Crippen LogP contribution >= 0.6 is 0 Å². The van der Waals surface area contributed by atoms with Crippen LogP contribution < -0.4 is 10.6 Å². The molecule has 2 amide bonds. The van der Waals surface area contributed by atoms with Gasteiger partial charge < -0.3 is 15.7 Å². The van der Waals surface area contributed by atoms with Crippen molar-refractivity contribution in [3.8, 4) is 0 Å². The monoisotopic (exact) mass is 322 g/mol. The maximum Gasteiger partial charge on any atom is 0.315 e. The summed E-state index contributed by atoms with van der Waals surface area (Å²) in [4.78, 5) is 12.3. The fourth-order valence-corrected chi connectivity index (χ4v) is 3.70. The number of carbonyl (C=O) groups is 1. The summed E-state index contributed by atoms with van der Waals surface area (Å²) in [5, 5.41) is 16.2. The summed E-state index contributed by atoms with van der Waals surface area (Å²) >= 11 is 0. The number of benzene rings is 2. The first-order valence-electron chi connectivity index (χ1n) is 8.54. The van der Waals surface area contributed by atoms with Gasteiger partial charge in [-0.25, -0.2) is 4.79 Å². The molecule has 0 spiro atoms. The van der Waals surface area contributed by atoms with Gasteiger partial charge in [-0.05, 0) is 29.5 Å². The van der Waals surface area contributed by atoms with Gasteiger partial charge in [0.15, 0.2) is 0 Å². The highest BCUT2D eigenvalue weighted by atomic mass is 16.3. The molecule has 4 nitrogen and oxygen atoms in total. The average molecular weight is 322 g/mol. The molecule has 0 aliphatic heterocycles. The van der Waals surface area contributed by atoms with Gasteiger partial charge >= 0.3 is 6.03 Å². The zero-order valence-corrected chi connectivity index (χ0v) is 13.5. The smallest absolute Gasteiger partial charge is 0.315 e. The predicted octanol–water partition coefficient (Wildman–Crippen LogP) is 2.68. The molecule has 24 heavy (non-hydrogen) atoms. The van der Waals surface area contributed by atoms with E-state index in [-0.39, 0.29) is 17.5 Å². The molecular weight excluding hydrogens is 300 g/mol. The number of carbonyl (C=O) groups excluding carboxylic acids is 1. The molecule has 0 radical (unpaired) electrons. The van der Waals surface area contributed by atoms with Crippen LogP contribution in [0.2, 0.25) is 0 Å². The second-order valence-corrected chi connectivity index (χ2v) is 6.92. The van der Waals surface area contributed by atoms with Crippen molar-refractivity contribution in [1.29, 1.82) is 0 Å². The highest BCUT2D eigenvalue weighted by molar-refractivity contribution is 5.75. The maximum absolute atomic E-state index is 12.3. The van der Waals surface area contributed by atoms with Gasteiger partial charge in [0, 0.05) is 18.4 Å². The molecule has 4 rings (SSSR count). The lowest BCUT2D eigenvalue weighted by Crippen LogP contribution is -2.43. The van der Waals surface area contributed by atoms with Gasteiger partial charge in [0.05, 0.1) is 12.1 Å². The molecule has 0 bridgehead atoms. The molecule has 4 heteroatoms. The summed E-state index contributed by atoms with van der Waals surface area (Å²) in [6, 6.07) is 17.7. The zero-order valence-electron chi connectivity index (χ0n) is 13.5. The topological polar surface area (TPSA) is 61.4 Å². The van der Waals surface area contributed by atoms with Crippen LogP contribution in [0.4, 0.5) is 4.79 Å². The second kappa shape index (κ2) is 5.95. The second-order valence-electron chi connectivity index (χ2n) is 6.92. The zero-order chi connectivity index (χ0) is 16.6. The van der Waals surface area contributed by atoms with Crippen LogP contribution in [0.15, 0.2) is 54.6 Å². The standard InChI is InChI=1S/C20H22N2O2/c23-17-12-14-6-4-5-9-16(14)18(17)22-19(24)21-13-20(10-11-20)15-7-2-1-3-8-15/h1-9,17-18,23H,10-13H2,(H2,21,22,24). The molecule has 1 saturated carbocycles. The van der Waals surface area contributed by atoms with Gasteiger partial charge in [-0.1, -0.05) is 54.6 Å². The molecule has 1 fully saturated rings. The predicted molar refractivity (Wildman–Crippen MR) is 92.8 cm³/mol. The SMILES string of the molecule is O=C(NCC1(c2ccccc2)CC1)NC1c2ccccc2CC1O. The van der Waals surface area contributed by atoms with Gasteiger partial charge in [0.1, 0.15) is 0 Å². The van der Waals surface area contributed by atoms with Crippen LogP contribution in [0, 0.1) is 0 Å². The van der Waals surface area contributed by atoms with Crippen molar-refractivity contribution in [2.75, 3.05) is 6.54 Å². The Morgan fingerprint density at radius 3 is 2.54 bits per heavy atom. The van der Waals surface area contributed by atoms with Crippen molar-refractivity contribution in [1.82, 2.24) is 10.6 Å². The van der Waals surface area contributed by atoms with E-state index in [4.69, 9.17) is 0 Å². The van der Waals surface area contributed by atoms with Gasteiger partial charge in [0.2, 0.25) is 0 Å². The third-order valence-corrected chi connectivity index (χ3v) is 5.32. The Balaban J connectivity index is 1.38. The summed E-state index contributed by atoms with van der Waals surface area (Å²) in [6.45, 7) is 0.632. The van der Waals surface area contributed by atoms with Crippen molar-refractivity contribution in [3.05, 3.63) is 71.3 Å². The molecule has 2 aliphatic carbocycles. The minimum atomic E-state index is -0.558. The molecular formula is C20H22N2O2. The van der Waals surface area contributed by atoms with Crippen molar-refractivity contribution in [2.24, 2.45) is 0 Å². The minimum Gasteiger partial charge on any atom is -0.390 e. The Labute approximate surface area is 141 Å². The van der Waals surface area contributed by atoms with E-state index in [9.17, 15) is 9.90 Å². The number of hydrogen-bond donors (Lipinski definition) is 3. The van der Waals surface area contributed by atoms with E-state index in [1.54, 1.807) is 0 Å². The third-order valence-electron chi connectivity index (χ3n) is 5.32. The van der Waals surface area contributed by atoms with E-state index < -0.39 is 6.10 Å². The molecule has 0 aromatic heterocycles. The number of fused-ring (bicyclic) bond motifs is 1. The van der Waals surface area contributed by atoms with Crippen LogP contribution in [-0.2, 0) is 11.8 Å². The quantitative estimate of drug-likeness (QED) is 0.810. The van der Waals surface area contributed by atoms with Gasteiger partial charge in [-0.15, -0.1) is 0 Å². The molecule has 2 aromatic carbocycles.